The minimum Gasteiger partial charge on any atom is -0.349 e. The van der Waals surface area contributed by atoms with Crippen LogP contribution < -0.4 is 5.32 Å². The van der Waals surface area contributed by atoms with Gasteiger partial charge in [-0.15, -0.1) is 0 Å². The summed E-state index contributed by atoms with van der Waals surface area (Å²) < 4.78 is 41.3. The highest BCUT2D eigenvalue weighted by molar-refractivity contribution is 6.04. The third-order valence-corrected chi connectivity index (χ3v) is 5.08. The monoisotopic (exact) mass is 453 g/mol. The molecule has 166 valence electrons. The van der Waals surface area contributed by atoms with Crippen LogP contribution in [0.5, 0.6) is 0 Å². The maximum Gasteiger partial charge on any atom is 0.418 e. The van der Waals surface area contributed by atoms with E-state index in [1.807, 2.05) is 30.3 Å². The molecule has 0 amide bonds. The Labute approximate surface area is 184 Å². The molecule has 0 unspecified atom stereocenters. The van der Waals surface area contributed by atoms with E-state index in [-0.39, 0.29) is 11.8 Å². The topological polar surface area (TPSA) is 98.3 Å². The second-order valence-corrected chi connectivity index (χ2v) is 7.10. The molecule has 0 heterocycles. The number of rotatable bonds is 5. The van der Waals surface area contributed by atoms with Gasteiger partial charge in [-0.2, -0.15) is 13.2 Å². The van der Waals surface area contributed by atoms with Crippen LogP contribution in [0.3, 0.4) is 0 Å². The molecule has 33 heavy (non-hydrogen) atoms. The smallest absolute Gasteiger partial charge is 0.349 e. The number of anilines is 2. The van der Waals surface area contributed by atoms with E-state index < -0.39 is 38.6 Å². The Bertz CT molecular complexity index is 1390. The third-order valence-electron chi connectivity index (χ3n) is 5.08. The lowest BCUT2D eigenvalue weighted by Crippen LogP contribution is -2.12. The van der Waals surface area contributed by atoms with Gasteiger partial charge in [0.15, 0.2) is 0 Å². The fourth-order valence-corrected chi connectivity index (χ4v) is 3.63. The van der Waals surface area contributed by atoms with Gasteiger partial charge in [0.05, 0.1) is 21.5 Å². The first-order valence-electron chi connectivity index (χ1n) is 9.55. The first-order chi connectivity index (χ1) is 15.7. The Hall–Kier alpha value is -4.47. The van der Waals surface area contributed by atoms with Gasteiger partial charge in [-0.3, -0.25) is 20.2 Å². The summed E-state index contributed by atoms with van der Waals surface area (Å²) in [4.78, 5) is 20.4. The van der Waals surface area contributed by atoms with E-state index in [1.54, 1.807) is 30.3 Å². The van der Waals surface area contributed by atoms with Crippen molar-refractivity contribution in [2.24, 2.45) is 0 Å². The first-order valence-corrected chi connectivity index (χ1v) is 9.55. The highest BCUT2D eigenvalue weighted by atomic mass is 19.4. The molecule has 0 spiro atoms. The van der Waals surface area contributed by atoms with E-state index in [4.69, 9.17) is 0 Å². The van der Waals surface area contributed by atoms with E-state index in [1.165, 1.54) is 6.07 Å². The molecule has 10 heteroatoms. The van der Waals surface area contributed by atoms with Crippen molar-refractivity contribution in [3.05, 3.63) is 105 Å². The summed E-state index contributed by atoms with van der Waals surface area (Å²) in [6, 6.07) is 20.3. The molecule has 0 aromatic heterocycles. The predicted octanol–water partition coefficient (Wildman–Crippen LogP) is 7.09. The van der Waals surface area contributed by atoms with Crippen LogP contribution in [0.4, 0.5) is 35.9 Å². The van der Waals surface area contributed by atoms with Gasteiger partial charge in [0.2, 0.25) is 0 Å². The van der Waals surface area contributed by atoms with Gasteiger partial charge in [0.25, 0.3) is 11.4 Å². The maximum absolute atomic E-state index is 13.8. The normalized spacial score (nSPS) is 11.4. The van der Waals surface area contributed by atoms with Crippen molar-refractivity contribution in [3.8, 4) is 11.1 Å². The molecule has 0 saturated carbocycles. The number of alkyl halides is 3. The van der Waals surface area contributed by atoms with Gasteiger partial charge in [-0.25, -0.2) is 0 Å². The zero-order valence-electron chi connectivity index (χ0n) is 16.7. The van der Waals surface area contributed by atoms with Gasteiger partial charge in [0, 0.05) is 17.1 Å². The molecule has 0 aliphatic heterocycles. The molecule has 0 bridgehead atoms. The minimum absolute atomic E-state index is 0.188. The summed E-state index contributed by atoms with van der Waals surface area (Å²) in [5, 5.41) is 26.4. The molecule has 0 radical (unpaired) electrons. The van der Waals surface area contributed by atoms with E-state index in [0.717, 1.165) is 11.1 Å². The van der Waals surface area contributed by atoms with Gasteiger partial charge in [0.1, 0.15) is 5.69 Å². The number of non-ortho nitro benzene ring substituents is 1. The number of hydrogen-bond donors (Lipinski definition) is 1. The second-order valence-electron chi connectivity index (χ2n) is 7.10. The van der Waals surface area contributed by atoms with Gasteiger partial charge in [-0.1, -0.05) is 60.7 Å². The summed E-state index contributed by atoms with van der Waals surface area (Å²) in [6.07, 6.45) is -5.07. The lowest BCUT2D eigenvalue weighted by Gasteiger charge is -2.17. The summed E-state index contributed by atoms with van der Waals surface area (Å²) in [6.45, 7) is 0. The standard InChI is InChI=1S/C23H14F3N3O4/c24-23(25,26)19-12-15(28(30)31)13-21(29(32)33)22(19)27-20-11-10-16(14-6-2-1-3-7-14)17-8-4-5-9-18(17)20/h1-13,27H. The van der Waals surface area contributed by atoms with Crippen LogP contribution >= 0.6 is 0 Å². The Kier molecular flexibility index (Phi) is 5.42. The number of halogens is 3. The van der Waals surface area contributed by atoms with Crippen LogP contribution in [-0.2, 0) is 6.18 Å². The van der Waals surface area contributed by atoms with Crippen LogP contribution in [0.1, 0.15) is 5.56 Å². The number of nitro groups is 2. The molecule has 7 nitrogen and oxygen atoms in total. The Morgan fingerprint density at radius 3 is 2.00 bits per heavy atom. The Balaban J connectivity index is 1.94. The molecular formula is C23H14F3N3O4. The number of nitrogens with zero attached hydrogens (tertiary/aromatic N) is 2. The van der Waals surface area contributed by atoms with Crippen molar-refractivity contribution in [1.82, 2.24) is 0 Å². The van der Waals surface area contributed by atoms with E-state index in [2.05, 4.69) is 5.32 Å². The molecular weight excluding hydrogens is 439 g/mol. The van der Waals surface area contributed by atoms with Crippen LogP contribution in [0.2, 0.25) is 0 Å². The van der Waals surface area contributed by atoms with Crippen molar-refractivity contribution in [1.29, 1.82) is 0 Å². The Morgan fingerprint density at radius 2 is 1.39 bits per heavy atom. The highest BCUT2D eigenvalue weighted by Gasteiger charge is 2.39. The zero-order chi connectivity index (χ0) is 23.8. The fourth-order valence-electron chi connectivity index (χ4n) is 3.63. The van der Waals surface area contributed by atoms with Crippen molar-refractivity contribution >= 4 is 33.5 Å². The van der Waals surface area contributed by atoms with Crippen LogP contribution in [0.25, 0.3) is 21.9 Å². The van der Waals surface area contributed by atoms with Crippen LogP contribution in [0, 0.1) is 20.2 Å². The van der Waals surface area contributed by atoms with E-state index in [9.17, 15) is 33.4 Å². The van der Waals surface area contributed by atoms with Crippen molar-refractivity contribution in [2.45, 2.75) is 6.18 Å². The molecule has 0 atom stereocenters. The number of fused-ring (bicyclic) bond motifs is 1. The number of hydrogen-bond acceptors (Lipinski definition) is 5. The average molecular weight is 453 g/mol. The molecule has 0 aliphatic carbocycles. The largest absolute Gasteiger partial charge is 0.418 e. The maximum atomic E-state index is 13.8. The lowest BCUT2D eigenvalue weighted by atomic mass is 9.97. The van der Waals surface area contributed by atoms with Gasteiger partial charge >= 0.3 is 6.18 Å². The second kappa shape index (κ2) is 8.23. The Morgan fingerprint density at radius 1 is 0.758 bits per heavy atom. The van der Waals surface area contributed by atoms with E-state index >= 15 is 0 Å². The van der Waals surface area contributed by atoms with Crippen molar-refractivity contribution in [3.63, 3.8) is 0 Å². The van der Waals surface area contributed by atoms with Crippen molar-refractivity contribution in [2.75, 3.05) is 5.32 Å². The molecule has 1 N–H and O–H groups in total. The zero-order valence-corrected chi connectivity index (χ0v) is 16.7. The summed E-state index contributed by atoms with van der Waals surface area (Å²) in [5.74, 6) is 0. The molecule has 0 aliphatic rings. The lowest BCUT2D eigenvalue weighted by molar-refractivity contribution is -0.394. The number of nitro benzene ring substituents is 2. The average Bonchev–Trinajstić information content (AvgIpc) is 2.78. The molecule has 4 rings (SSSR count). The van der Waals surface area contributed by atoms with E-state index in [0.29, 0.717) is 16.8 Å². The van der Waals surface area contributed by atoms with Gasteiger partial charge in [-0.05, 0) is 22.6 Å². The summed E-state index contributed by atoms with van der Waals surface area (Å²) >= 11 is 0. The highest BCUT2D eigenvalue weighted by Crippen LogP contribution is 2.45. The quantitative estimate of drug-likeness (QED) is 0.257. The number of benzene rings is 4. The number of nitrogens with one attached hydrogen (secondary N) is 1. The first kappa shape index (κ1) is 21.8. The molecule has 4 aromatic rings. The molecule has 0 fully saturated rings. The van der Waals surface area contributed by atoms with Crippen molar-refractivity contribution < 1.29 is 23.0 Å². The summed E-state index contributed by atoms with van der Waals surface area (Å²) in [5.41, 5.74) is -2.54. The minimum atomic E-state index is -5.07. The SMILES string of the molecule is O=[N+]([O-])c1cc([N+](=O)[O-])c(Nc2ccc(-c3ccccc3)c3ccccc23)c(C(F)(F)F)c1. The van der Waals surface area contributed by atoms with Gasteiger partial charge < -0.3 is 5.32 Å². The predicted molar refractivity (Wildman–Crippen MR) is 117 cm³/mol. The summed E-state index contributed by atoms with van der Waals surface area (Å²) in [7, 11) is 0. The van der Waals surface area contributed by atoms with Crippen LogP contribution in [-0.4, -0.2) is 9.85 Å². The van der Waals surface area contributed by atoms with Crippen LogP contribution in [0.15, 0.2) is 78.9 Å². The fraction of sp³-hybridized carbons (Fsp3) is 0.0435. The molecule has 0 saturated heterocycles. The third kappa shape index (κ3) is 4.18. The molecule has 4 aromatic carbocycles.